The van der Waals surface area contributed by atoms with Gasteiger partial charge >= 0.3 is 0 Å². The molecule has 1 unspecified atom stereocenters. The molecule has 1 aliphatic heterocycles. The van der Waals surface area contributed by atoms with E-state index in [2.05, 4.69) is 10.3 Å². The lowest BCUT2D eigenvalue weighted by Gasteiger charge is -2.22. The molecule has 5 nitrogen and oxygen atoms in total. The molecule has 0 bridgehead atoms. The van der Waals surface area contributed by atoms with Crippen LogP contribution in [0.1, 0.15) is 50.0 Å². The molecule has 1 atom stereocenters. The molecule has 1 aromatic heterocycles. The van der Waals surface area contributed by atoms with E-state index in [1.165, 1.54) is 6.20 Å². The standard InChI is InChI=1S/C25H25N3O2/c1-15-11-16(2)23(17(3)12-15)27-24(29)20-9-10-26-21(14-20)25(30)28-18(4)13-19-7-5-6-8-22(19)28/h5-12,14,18H,13H2,1-4H3,(H,27,29). The second-order valence-corrected chi connectivity index (χ2v) is 8.01. The number of carbonyl (C=O) groups excluding carboxylic acids is 2. The Bertz CT molecular complexity index is 1130. The molecule has 1 N–H and O–H groups in total. The van der Waals surface area contributed by atoms with E-state index >= 15 is 0 Å². The Morgan fingerprint density at radius 2 is 1.73 bits per heavy atom. The van der Waals surface area contributed by atoms with Gasteiger partial charge in [0.2, 0.25) is 0 Å². The van der Waals surface area contributed by atoms with Gasteiger partial charge in [0.05, 0.1) is 0 Å². The normalized spacial score (nSPS) is 15.1. The van der Waals surface area contributed by atoms with Gasteiger partial charge in [-0.05, 0) is 69.0 Å². The Kier molecular flexibility index (Phi) is 5.12. The molecule has 3 aromatic rings. The number of rotatable bonds is 3. The van der Waals surface area contributed by atoms with E-state index in [0.29, 0.717) is 5.56 Å². The van der Waals surface area contributed by atoms with Crippen LogP contribution in [0.15, 0.2) is 54.7 Å². The van der Waals surface area contributed by atoms with Crippen molar-refractivity contribution in [1.82, 2.24) is 4.98 Å². The number of hydrogen-bond donors (Lipinski definition) is 1. The molecule has 2 aromatic carbocycles. The number of para-hydroxylation sites is 1. The van der Waals surface area contributed by atoms with E-state index in [1.54, 1.807) is 17.0 Å². The zero-order chi connectivity index (χ0) is 21.4. The number of carbonyl (C=O) groups is 2. The highest BCUT2D eigenvalue weighted by Crippen LogP contribution is 2.33. The minimum Gasteiger partial charge on any atom is -0.322 e. The Morgan fingerprint density at radius 1 is 1.03 bits per heavy atom. The lowest BCUT2D eigenvalue weighted by atomic mass is 10.0. The van der Waals surface area contributed by atoms with E-state index < -0.39 is 0 Å². The highest BCUT2D eigenvalue weighted by atomic mass is 16.2. The summed E-state index contributed by atoms with van der Waals surface area (Å²) in [5, 5.41) is 2.99. The Balaban J connectivity index is 1.60. The first-order chi connectivity index (χ1) is 14.3. The number of aromatic nitrogens is 1. The smallest absolute Gasteiger partial charge is 0.277 e. The highest BCUT2D eigenvalue weighted by molar-refractivity contribution is 6.09. The molecule has 0 radical (unpaired) electrons. The fourth-order valence-electron chi connectivity index (χ4n) is 4.25. The summed E-state index contributed by atoms with van der Waals surface area (Å²) >= 11 is 0. The van der Waals surface area contributed by atoms with Gasteiger partial charge in [-0.3, -0.25) is 14.6 Å². The van der Waals surface area contributed by atoms with E-state index in [0.717, 1.165) is 40.0 Å². The van der Waals surface area contributed by atoms with Crippen LogP contribution in [0, 0.1) is 20.8 Å². The molecule has 2 heterocycles. The molecule has 0 aliphatic carbocycles. The molecule has 30 heavy (non-hydrogen) atoms. The van der Waals surface area contributed by atoms with Crippen LogP contribution >= 0.6 is 0 Å². The van der Waals surface area contributed by atoms with Gasteiger partial charge in [0.1, 0.15) is 5.69 Å². The third-order valence-electron chi connectivity index (χ3n) is 5.58. The van der Waals surface area contributed by atoms with Gasteiger partial charge < -0.3 is 10.2 Å². The molecular weight excluding hydrogens is 374 g/mol. The fourth-order valence-corrected chi connectivity index (χ4v) is 4.25. The Hall–Kier alpha value is -3.47. The number of nitrogens with zero attached hydrogens (tertiary/aromatic N) is 2. The van der Waals surface area contributed by atoms with Gasteiger partial charge in [0.25, 0.3) is 11.8 Å². The molecule has 0 saturated carbocycles. The van der Waals surface area contributed by atoms with Crippen LogP contribution in [0.2, 0.25) is 0 Å². The summed E-state index contributed by atoms with van der Waals surface area (Å²) in [4.78, 5) is 32.2. The van der Waals surface area contributed by atoms with E-state index in [-0.39, 0.29) is 23.6 Å². The molecule has 152 valence electrons. The van der Waals surface area contributed by atoms with Crippen molar-refractivity contribution in [3.05, 3.63) is 88.2 Å². The first-order valence-corrected chi connectivity index (χ1v) is 10.1. The van der Waals surface area contributed by atoms with Crippen molar-refractivity contribution in [3.8, 4) is 0 Å². The van der Waals surface area contributed by atoms with Crippen LogP contribution in [-0.4, -0.2) is 22.8 Å². The largest absolute Gasteiger partial charge is 0.322 e. The molecular formula is C25H25N3O2. The number of anilines is 2. The molecule has 5 heteroatoms. The average Bonchev–Trinajstić information content (AvgIpc) is 3.05. The fraction of sp³-hybridized carbons (Fsp3) is 0.240. The number of nitrogens with one attached hydrogen (secondary N) is 1. The SMILES string of the molecule is Cc1cc(C)c(NC(=O)c2ccnc(C(=O)N3c4ccccc4CC3C)c2)c(C)c1. The van der Waals surface area contributed by atoms with Gasteiger partial charge in [0.15, 0.2) is 0 Å². The minimum atomic E-state index is -0.253. The lowest BCUT2D eigenvalue weighted by Crippen LogP contribution is -2.36. The van der Waals surface area contributed by atoms with Gasteiger partial charge in [-0.15, -0.1) is 0 Å². The van der Waals surface area contributed by atoms with Crippen LogP contribution in [0.4, 0.5) is 11.4 Å². The Morgan fingerprint density at radius 3 is 2.47 bits per heavy atom. The van der Waals surface area contributed by atoms with Crippen LogP contribution in [0.5, 0.6) is 0 Å². The van der Waals surface area contributed by atoms with E-state index in [9.17, 15) is 9.59 Å². The van der Waals surface area contributed by atoms with Crippen molar-refractivity contribution in [3.63, 3.8) is 0 Å². The van der Waals surface area contributed by atoms with Gasteiger partial charge in [0, 0.05) is 29.2 Å². The second kappa shape index (κ2) is 7.75. The van der Waals surface area contributed by atoms with Gasteiger partial charge in [-0.2, -0.15) is 0 Å². The zero-order valence-electron chi connectivity index (χ0n) is 17.7. The number of hydrogen-bond acceptors (Lipinski definition) is 3. The van der Waals surface area contributed by atoms with Crippen molar-refractivity contribution in [1.29, 1.82) is 0 Å². The van der Waals surface area contributed by atoms with E-state index in [1.807, 2.05) is 64.1 Å². The number of amides is 2. The first-order valence-electron chi connectivity index (χ1n) is 10.1. The molecule has 4 rings (SSSR count). The second-order valence-electron chi connectivity index (χ2n) is 8.01. The number of pyridine rings is 1. The van der Waals surface area contributed by atoms with Gasteiger partial charge in [-0.1, -0.05) is 35.9 Å². The van der Waals surface area contributed by atoms with Crippen LogP contribution in [0.25, 0.3) is 0 Å². The third kappa shape index (κ3) is 3.59. The summed E-state index contributed by atoms with van der Waals surface area (Å²) in [6.07, 6.45) is 2.33. The number of benzene rings is 2. The minimum absolute atomic E-state index is 0.0482. The first kappa shape index (κ1) is 19.8. The summed E-state index contributed by atoms with van der Waals surface area (Å²) in [6.45, 7) is 8.01. The maximum Gasteiger partial charge on any atom is 0.277 e. The number of aryl methyl sites for hydroxylation is 3. The molecule has 0 spiro atoms. The number of fused-ring (bicyclic) bond motifs is 1. The molecule has 0 fully saturated rings. The Labute approximate surface area is 176 Å². The maximum absolute atomic E-state index is 13.2. The van der Waals surface area contributed by atoms with Crippen molar-refractivity contribution in [2.75, 3.05) is 10.2 Å². The summed E-state index contributed by atoms with van der Waals surface area (Å²) in [5.41, 5.74) is 6.71. The summed E-state index contributed by atoms with van der Waals surface area (Å²) in [6, 6.07) is 15.2. The van der Waals surface area contributed by atoms with Crippen molar-refractivity contribution in [2.24, 2.45) is 0 Å². The quantitative estimate of drug-likeness (QED) is 0.685. The van der Waals surface area contributed by atoms with E-state index in [4.69, 9.17) is 0 Å². The lowest BCUT2D eigenvalue weighted by molar-refractivity contribution is 0.0976. The molecule has 1 aliphatic rings. The van der Waals surface area contributed by atoms with Crippen molar-refractivity contribution < 1.29 is 9.59 Å². The van der Waals surface area contributed by atoms with Crippen LogP contribution in [-0.2, 0) is 6.42 Å². The monoisotopic (exact) mass is 399 g/mol. The zero-order valence-corrected chi connectivity index (χ0v) is 17.7. The summed E-state index contributed by atoms with van der Waals surface area (Å²) in [5.74, 6) is -0.443. The molecule has 2 amide bonds. The highest BCUT2D eigenvalue weighted by Gasteiger charge is 2.32. The summed E-state index contributed by atoms with van der Waals surface area (Å²) < 4.78 is 0. The van der Waals surface area contributed by atoms with Crippen molar-refractivity contribution in [2.45, 2.75) is 40.2 Å². The predicted molar refractivity (Wildman–Crippen MR) is 119 cm³/mol. The third-order valence-corrected chi connectivity index (χ3v) is 5.58. The predicted octanol–water partition coefficient (Wildman–Crippen LogP) is 4.85. The van der Waals surface area contributed by atoms with Crippen LogP contribution < -0.4 is 10.2 Å². The summed E-state index contributed by atoms with van der Waals surface area (Å²) in [7, 11) is 0. The molecule has 0 saturated heterocycles. The van der Waals surface area contributed by atoms with Crippen LogP contribution in [0.3, 0.4) is 0 Å². The topological polar surface area (TPSA) is 62.3 Å². The van der Waals surface area contributed by atoms with Crippen molar-refractivity contribution >= 4 is 23.2 Å². The van der Waals surface area contributed by atoms with Gasteiger partial charge in [-0.25, -0.2) is 0 Å². The maximum atomic E-state index is 13.2. The average molecular weight is 399 g/mol.